The summed E-state index contributed by atoms with van der Waals surface area (Å²) in [7, 11) is 0. The number of hydrogen-bond acceptors (Lipinski definition) is 15. The number of aliphatic hydroxyl groups excluding tert-OH is 7. The van der Waals surface area contributed by atoms with Crippen molar-refractivity contribution < 1.29 is 73.8 Å². The normalized spacial score (nSPS) is 25.1. The second-order valence-corrected chi connectivity index (χ2v) is 20.5. The number of carbonyl (C=O) groups is 2. The molecule has 2 aliphatic rings. The second kappa shape index (κ2) is 44.1. The lowest BCUT2D eigenvalue weighted by Crippen LogP contribution is -2.61. The largest absolute Gasteiger partial charge is 0.462 e. The molecular formula is C57H104O15. The van der Waals surface area contributed by atoms with E-state index in [-0.39, 0.29) is 26.1 Å². The monoisotopic (exact) mass is 1030 g/mol. The van der Waals surface area contributed by atoms with Gasteiger partial charge in [-0.1, -0.05) is 179 Å². The van der Waals surface area contributed by atoms with Crippen LogP contribution in [0.25, 0.3) is 0 Å². The Morgan fingerprint density at radius 1 is 0.431 bits per heavy atom. The van der Waals surface area contributed by atoms with Crippen LogP contribution < -0.4 is 0 Å². The highest BCUT2D eigenvalue weighted by Crippen LogP contribution is 2.27. The fourth-order valence-corrected chi connectivity index (χ4v) is 9.15. The van der Waals surface area contributed by atoms with Gasteiger partial charge in [0, 0.05) is 12.8 Å². The molecule has 2 saturated heterocycles. The van der Waals surface area contributed by atoms with Crippen molar-refractivity contribution in [3.8, 4) is 0 Å². The Morgan fingerprint density at radius 3 is 1.24 bits per heavy atom. The van der Waals surface area contributed by atoms with E-state index < -0.39 is 92.7 Å². The molecule has 15 heteroatoms. The first-order valence-corrected chi connectivity index (χ1v) is 28.9. The fourth-order valence-electron chi connectivity index (χ4n) is 9.15. The third-order valence-corrected chi connectivity index (χ3v) is 13.9. The summed E-state index contributed by atoms with van der Waals surface area (Å²) in [6, 6.07) is 0. The predicted octanol–water partition coefficient (Wildman–Crippen LogP) is 9.50. The number of unbranched alkanes of at least 4 members (excludes halogenated alkanes) is 28. The maximum absolute atomic E-state index is 13.1. The Kier molecular flexibility index (Phi) is 40.5. The molecule has 11 atom stereocenters. The molecule has 0 spiro atoms. The first-order valence-electron chi connectivity index (χ1n) is 28.9. The van der Waals surface area contributed by atoms with Crippen LogP contribution in [-0.2, 0) is 38.0 Å². The van der Waals surface area contributed by atoms with Crippen molar-refractivity contribution in [1.29, 1.82) is 0 Å². The molecule has 2 fully saturated rings. The van der Waals surface area contributed by atoms with E-state index in [1.165, 1.54) is 135 Å². The van der Waals surface area contributed by atoms with Gasteiger partial charge < -0.3 is 64.2 Å². The zero-order valence-corrected chi connectivity index (χ0v) is 44.9. The summed E-state index contributed by atoms with van der Waals surface area (Å²) in [5, 5.41) is 72.2. The third-order valence-electron chi connectivity index (χ3n) is 13.9. The first-order chi connectivity index (χ1) is 35.0. The van der Waals surface area contributed by atoms with Crippen molar-refractivity contribution in [2.24, 2.45) is 0 Å². The van der Waals surface area contributed by atoms with E-state index in [0.29, 0.717) is 12.8 Å². The molecule has 72 heavy (non-hydrogen) atoms. The average molecular weight is 1030 g/mol. The van der Waals surface area contributed by atoms with E-state index in [2.05, 4.69) is 38.2 Å². The number of aliphatic hydroxyl groups is 7. The summed E-state index contributed by atoms with van der Waals surface area (Å²) < 4.78 is 33.7. The predicted molar refractivity (Wildman–Crippen MR) is 280 cm³/mol. The molecule has 0 bridgehead atoms. The van der Waals surface area contributed by atoms with Gasteiger partial charge in [-0.15, -0.1) is 0 Å². The number of allylic oxidation sites excluding steroid dienone is 4. The second-order valence-electron chi connectivity index (χ2n) is 20.5. The van der Waals surface area contributed by atoms with E-state index >= 15 is 0 Å². The lowest BCUT2D eigenvalue weighted by Gasteiger charge is -2.42. The summed E-state index contributed by atoms with van der Waals surface area (Å²) in [5.74, 6) is -0.927. The molecule has 0 aromatic rings. The van der Waals surface area contributed by atoms with Crippen molar-refractivity contribution >= 4 is 11.9 Å². The SMILES string of the molecule is CCCCCC/C=C\CCCCCCCC(=O)OCC(COC1OC(COC2OC(CO)C(O)C(O)C2O)C(O)C(O)C1O)OC(=O)CCCCCCCCCCCCC/C=C\CCCCCCCCCC. The van der Waals surface area contributed by atoms with Gasteiger partial charge in [-0.25, -0.2) is 0 Å². The minimum absolute atomic E-state index is 0.165. The molecule has 422 valence electrons. The van der Waals surface area contributed by atoms with Gasteiger partial charge in [0.25, 0.3) is 0 Å². The highest BCUT2D eigenvalue weighted by atomic mass is 16.7. The quantitative estimate of drug-likeness (QED) is 0.0171. The van der Waals surface area contributed by atoms with Gasteiger partial charge in [-0.05, 0) is 64.2 Å². The molecule has 0 radical (unpaired) electrons. The third kappa shape index (κ3) is 31.1. The Labute approximate surface area is 434 Å². The number of carbonyl (C=O) groups excluding carboxylic acids is 2. The Hall–Kier alpha value is -2.02. The number of ether oxygens (including phenoxy) is 6. The Morgan fingerprint density at radius 2 is 0.792 bits per heavy atom. The van der Waals surface area contributed by atoms with E-state index in [1.807, 2.05) is 0 Å². The topological polar surface area (TPSA) is 231 Å². The Balaban J connectivity index is 1.73. The van der Waals surface area contributed by atoms with Crippen LogP contribution in [0.2, 0.25) is 0 Å². The van der Waals surface area contributed by atoms with Gasteiger partial charge in [0.2, 0.25) is 0 Å². The van der Waals surface area contributed by atoms with Crippen LogP contribution in [0.3, 0.4) is 0 Å². The van der Waals surface area contributed by atoms with Crippen LogP contribution in [0.15, 0.2) is 24.3 Å². The zero-order valence-electron chi connectivity index (χ0n) is 44.9. The van der Waals surface area contributed by atoms with Crippen molar-refractivity contribution in [1.82, 2.24) is 0 Å². The van der Waals surface area contributed by atoms with Crippen LogP contribution in [0.4, 0.5) is 0 Å². The molecule has 7 N–H and O–H groups in total. The number of rotatable bonds is 46. The molecular weight excluding hydrogens is 925 g/mol. The van der Waals surface area contributed by atoms with Crippen molar-refractivity contribution in [3.05, 3.63) is 24.3 Å². The molecule has 0 aromatic heterocycles. The summed E-state index contributed by atoms with van der Waals surface area (Å²) in [6.45, 7) is 2.60. The number of hydrogen-bond donors (Lipinski definition) is 7. The van der Waals surface area contributed by atoms with Crippen LogP contribution in [0.1, 0.15) is 232 Å². The zero-order chi connectivity index (χ0) is 52.4. The fraction of sp³-hybridized carbons (Fsp3) is 0.895. The summed E-state index contributed by atoms with van der Waals surface area (Å²) >= 11 is 0. The standard InChI is InChI=1S/C57H104O15/c1-3-5-7-9-11-13-15-17-18-19-20-21-22-23-24-25-26-28-30-32-34-36-38-40-49(60)70-45(42-67-48(59)39-37-35-33-31-29-27-16-14-12-10-8-6-4-2)43-68-56-55(66)53(64)51(62)47(72-56)44-69-57-54(65)52(63)50(61)46(41-58)71-57/h14,16,19-20,45-47,50-58,61-66H,3-13,15,17-18,21-44H2,1-2H3/b16-14-,20-19-. The van der Waals surface area contributed by atoms with Gasteiger partial charge >= 0.3 is 11.9 Å². The maximum atomic E-state index is 13.1. The molecule has 11 unspecified atom stereocenters. The van der Waals surface area contributed by atoms with Crippen molar-refractivity contribution in [2.45, 2.75) is 300 Å². The average Bonchev–Trinajstić information content (AvgIpc) is 3.37. The van der Waals surface area contributed by atoms with Gasteiger partial charge in [0.15, 0.2) is 18.7 Å². The van der Waals surface area contributed by atoms with E-state index in [4.69, 9.17) is 28.4 Å². The summed E-state index contributed by atoms with van der Waals surface area (Å²) in [6.07, 6.45) is 30.6. The molecule has 2 heterocycles. The lowest BCUT2D eigenvalue weighted by atomic mass is 9.98. The highest BCUT2D eigenvalue weighted by Gasteiger charge is 2.47. The molecule has 0 aliphatic carbocycles. The van der Waals surface area contributed by atoms with E-state index in [9.17, 15) is 45.3 Å². The van der Waals surface area contributed by atoms with Crippen molar-refractivity contribution in [3.63, 3.8) is 0 Å². The smallest absolute Gasteiger partial charge is 0.306 e. The maximum Gasteiger partial charge on any atom is 0.306 e. The van der Waals surface area contributed by atoms with Gasteiger partial charge in [0.05, 0.1) is 19.8 Å². The highest BCUT2D eigenvalue weighted by molar-refractivity contribution is 5.70. The molecule has 0 amide bonds. The van der Waals surface area contributed by atoms with Crippen LogP contribution in [-0.4, -0.2) is 142 Å². The molecule has 2 rings (SSSR count). The number of esters is 2. The van der Waals surface area contributed by atoms with Gasteiger partial charge in [-0.2, -0.15) is 0 Å². The van der Waals surface area contributed by atoms with Crippen molar-refractivity contribution in [2.75, 3.05) is 26.4 Å². The van der Waals surface area contributed by atoms with Crippen LogP contribution in [0.5, 0.6) is 0 Å². The molecule has 15 nitrogen and oxygen atoms in total. The molecule has 0 aromatic carbocycles. The lowest BCUT2D eigenvalue weighted by molar-refractivity contribution is -0.332. The van der Waals surface area contributed by atoms with E-state index in [1.54, 1.807) is 0 Å². The van der Waals surface area contributed by atoms with Crippen LogP contribution in [0, 0.1) is 0 Å². The van der Waals surface area contributed by atoms with E-state index in [0.717, 1.165) is 57.8 Å². The van der Waals surface area contributed by atoms with Gasteiger partial charge in [-0.3, -0.25) is 9.59 Å². The summed E-state index contributed by atoms with van der Waals surface area (Å²) in [5.41, 5.74) is 0. The molecule has 0 saturated carbocycles. The first kappa shape index (κ1) is 66.1. The van der Waals surface area contributed by atoms with Crippen LogP contribution >= 0.6 is 0 Å². The minimum Gasteiger partial charge on any atom is -0.462 e. The van der Waals surface area contributed by atoms with Gasteiger partial charge in [0.1, 0.15) is 55.4 Å². The molecule has 2 aliphatic heterocycles. The summed E-state index contributed by atoms with van der Waals surface area (Å²) in [4.78, 5) is 25.8. The minimum atomic E-state index is -1.76. The Bertz CT molecular complexity index is 1350.